The first-order chi connectivity index (χ1) is 8.58. The van der Waals surface area contributed by atoms with E-state index in [1.165, 1.54) is 0 Å². The van der Waals surface area contributed by atoms with Gasteiger partial charge >= 0.3 is 0 Å². The molecular formula is C13H26N2O3. The van der Waals surface area contributed by atoms with E-state index in [1.807, 2.05) is 0 Å². The second kappa shape index (κ2) is 8.45. The van der Waals surface area contributed by atoms with Gasteiger partial charge in [0.15, 0.2) is 0 Å². The van der Waals surface area contributed by atoms with Crippen molar-refractivity contribution in [2.24, 2.45) is 5.92 Å². The standard InChI is InChI=1S/C13H26N2O3/c1-11(2)3-4-13(17)14-9-12(16)10-15-5-7-18-8-6-15/h11-12,16H,3-10H2,1-2H3,(H,14,17). The number of nitrogens with zero attached hydrogens (tertiary/aromatic N) is 1. The smallest absolute Gasteiger partial charge is 0.220 e. The molecule has 1 unspecified atom stereocenters. The van der Waals surface area contributed by atoms with Gasteiger partial charge in [-0.15, -0.1) is 0 Å². The molecule has 5 nitrogen and oxygen atoms in total. The molecule has 1 heterocycles. The summed E-state index contributed by atoms with van der Waals surface area (Å²) >= 11 is 0. The van der Waals surface area contributed by atoms with Crippen LogP contribution in [0.2, 0.25) is 0 Å². The van der Waals surface area contributed by atoms with Gasteiger partial charge in [0.1, 0.15) is 0 Å². The summed E-state index contributed by atoms with van der Waals surface area (Å²) in [5, 5.41) is 12.6. The largest absolute Gasteiger partial charge is 0.390 e. The van der Waals surface area contributed by atoms with Crippen molar-refractivity contribution in [1.82, 2.24) is 10.2 Å². The Morgan fingerprint density at radius 1 is 1.39 bits per heavy atom. The van der Waals surface area contributed by atoms with Gasteiger partial charge in [0.05, 0.1) is 19.3 Å². The van der Waals surface area contributed by atoms with Crippen LogP contribution >= 0.6 is 0 Å². The van der Waals surface area contributed by atoms with Crippen LogP contribution in [0, 0.1) is 5.92 Å². The molecule has 0 spiro atoms. The van der Waals surface area contributed by atoms with Crippen LogP contribution in [0.5, 0.6) is 0 Å². The van der Waals surface area contributed by atoms with Gasteiger partial charge in [-0.1, -0.05) is 13.8 Å². The first-order valence-corrected chi connectivity index (χ1v) is 6.82. The molecule has 18 heavy (non-hydrogen) atoms. The van der Waals surface area contributed by atoms with Crippen LogP contribution in [0.3, 0.4) is 0 Å². The Morgan fingerprint density at radius 2 is 2.06 bits per heavy atom. The minimum Gasteiger partial charge on any atom is -0.390 e. The quantitative estimate of drug-likeness (QED) is 0.686. The van der Waals surface area contributed by atoms with Crippen molar-refractivity contribution in [3.05, 3.63) is 0 Å². The molecule has 0 saturated carbocycles. The molecule has 0 aromatic rings. The highest BCUT2D eigenvalue weighted by atomic mass is 16.5. The molecule has 2 N–H and O–H groups in total. The predicted molar refractivity (Wildman–Crippen MR) is 70.3 cm³/mol. The Hall–Kier alpha value is -0.650. The van der Waals surface area contributed by atoms with Crippen LogP contribution in [0.1, 0.15) is 26.7 Å². The molecule has 1 amide bonds. The number of hydrogen-bond acceptors (Lipinski definition) is 4. The third-order valence-electron chi connectivity index (χ3n) is 3.06. The second-order valence-electron chi connectivity index (χ2n) is 5.30. The number of aliphatic hydroxyl groups excluding tert-OH is 1. The highest BCUT2D eigenvalue weighted by Crippen LogP contribution is 2.03. The van der Waals surface area contributed by atoms with E-state index < -0.39 is 6.10 Å². The number of aliphatic hydroxyl groups is 1. The number of nitrogens with one attached hydrogen (secondary N) is 1. The lowest BCUT2D eigenvalue weighted by molar-refractivity contribution is -0.121. The van der Waals surface area contributed by atoms with E-state index in [2.05, 4.69) is 24.1 Å². The van der Waals surface area contributed by atoms with Crippen LogP contribution in [-0.2, 0) is 9.53 Å². The molecule has 1 saturated heterocycles. The summed E-state index contributed by atoms with van der Waals surface area (Å²) in [6, 6.07) is 0. The zero-order chi connectivity index (χ0) is 13.4. The van der Waals surface area contributed by atoms with E-state index in [4.69, 9.17) is 4.74 Å². The third kappa shape index (κ3) is 6.93. The van der Waals surface area contributed by atoms with Crippen molar-refractivity contribution in [2.75, 3.05) is 39.4 Å². The molecular weight excluding hydrogens is 232 g/mol. The van der Waals surface area contributed by atoms with Gasteiger partial charge in [-0.05, 0) is 12.3 Å². The van der Waals surface area contributed by atoms with Crippen LogP contribution in [0.15, 0.2) is 0 Å². The highest BCUT2D eigenvalue weighted by Gasteiger charge is 2.15. The molecule has 1 atom stereocenters. The zero-order valence-electron chi connectivity index (χ0n) is 11.5. The maximum absolute atomic E-state index is 11.5. The number of morpholine rings is 1. The lowest BCUT2D eigenvalue weighted by atomic mass is 10.1. The average molecular weight is 258 g/mol. The number of carbonyl (C=O) groups is 1. The molecule has 1 fully saturated rings. The molecule has 0 aromatic carbocycles. The van der Waals surface area contributed by atoms with E-state index in [9.17, 15) is 9.90 Å². The summed E-state index contributed by atoms with van der Waals surface area (Å²) in [6.45, 7) is 8.32. The van der Waals surface area contributed by atoms with Crippen molar-refractivity contribution < 1.29 is 14.6 Å². The van der Waals surface area contributed by atoms with E-state index >= 15 is 0 Å². The van der Waals surface area contributed by atoms with Crippen LogP contribution in [0.25, 0.3) is 0 Å². The number of rotatable bonds is 7. The van der Waals surface area contributed by atoms with Gasteiger partial charge in [-0.25, -0.2) is 0 Å². The zero-order valence-corrected chi connectivity index (χ0v) is 11.5. The fourth-order valence-corrected chi connectivity index (χ4v) is 1.89. The number of β-amino-alcohol motifs (C(OH)–C–C–N with tert-alkyl or cyclic N) is 1. The molecule has 5 heteroatoms. The van der Waals surface area contributed by atoms with Gasteiger partial charge in [-0.2, -0.15) is 0 Å². The molecule has 0 aliphatic carbocycles. The maximum Gasteiger partial charge on any atom is 0.220 e. The number of hydrogen-bond donors (Lipinski definition) is 2. The van der Waals surface area contributed by atoms with Crippen molar-refractivity contribution in [3.8, 4) is 0 Å². The van der Waals surface area contributed by atoms with Crippen molar-refractivity contribution in [2.45, 2.75) is 32.8 Å². The molecule has 0 bridgehead atoms. The summed E-state index contributed by atoms with van der Waals surface area (Å²) in [5.41, 5.74) is 0. The SMILES string of the molecule is CC(C)CCC(=O)NCC(O)CN1CCOCC1. The Bertz CT molecular complexity index is 240. The lowest BCUT2D eigenvalue weighted by Gasteiger charge is -2.28. The monoisotopic (exact) mass is 258 g/mol. The van der Waals surface area contributed by atoms with Crippen molar-refractivity contribution in [3.63, 3.8) is 0 Å². The molecule has 1 aliphatic heterocycles. The summed E-state index contributed by atoms with van der Waals surface area (Å²) in [7, 11) is 0. The minimum atomic E-state index is -0.494. The second-order valence-corrected chi connectivity index (χ2v) is 5.30. The lowest BCUT2D eigenvalue weighted by Crippen LogP contribution is -2.44. The van der Waals surface area contributed by atoms with E-state index in [0.29, 0.717) is 25.4 Å². The van der Waals surface area contributed by atoms with E-state index in [1.54, 1.807) is 0 Å². The Kier molecular flexibility index (Phi) is 7.23. The third-order valence-corrected chi connectivity index (χ3v) is 3.06. The van der Waals surface area contributed by atoms with Crippen LogP contribution < -0.4 is 5.32 Å². The van der Waals surface area contributed by atoms with Crippen LogP contribution in [-0.4, -0.2) is 61.4 Å². The highest BCUT2D eigenvalue weighted by molar-refractivity contribution is 5.75. The van der Waals surface area contributed by atoms with Gasteiger partial charge in [0.2, 0.25) is 5.91 Å². The summed E-state index contributed by atoms with van der Waals surface area (Å²) in [4.78, 5) is 13.6. The first-order valence-electron chi connectivity index (χ1n) is 6.82. The summed E-state index contributed by atoms with van der Waals surface area (Å²) in [5.74, 6) is 0.568. The summed E-state index contributed by atoms with van der Waals surface area (Å²) < 4.78 is 5.24. The predicted octanol–water partition coefficient (Wildman–Crippen LogP) is 0.232. The van der Waals surface area contributed by atoms with E-state index in [0.717, 1.165) is 32.7 Å². The summed E-state index contributed by atoms with van der Waals surface area (Å²) in [6.07, 6.45) is 0.943. The Morgan fingerprint density at radius 3 is 2.67 bits per heavy atom. The van der Waals surface area contributed by atoms with Crippen molar-refractivity contribution >= 4 is 5.91 Å². The van der Waals surface area contributed by atoms with Gasteiger partial charge in [0, 0.05) is 32.6 Å². The minimum absolute atomic E-state index is 0.0322. The Balaban J connectivity index is 2.08. The average Bonchev–Trinajstić information content (AvgIpc) is 2.35. The normalized spacial score (nSPS) is 18.9. The molecule has 1 aliphatic rings. The van der Waals surface area contributed by atoms with Gasteiger partial charge < -0.3 is 15.2 Å². The van der Waals surface area contributed by atoms with Crippen molar-refractivity contribution in [1.29, 1.82) is 0 Å². The topological polar surface area (TPSA) is 61.8 Å². The number of ether oxygens (including phenoxy) is 1. The van der Waals surface area contributed by atoms with Gasteiger partial charge in [0.25, 0.3) is 0 Å². The number of carbonyl (C=O) groups excluding carboxylic acids is 1. The molecule has 1 rings (SSSR count). The Labute approximate surface area is 109 Å². The van der Waals surface area contributed by atoms with E-state index in [-0.39, 0.29) is 5.91 Å². The van der Waals surface area contributed by atoms with Crippen LogP contribution in [0.4, 0.5) is 0 Å². The fraction of sp³-hybridized carbons (Fsp3) is 0.923. The maximum atomic E-state index is 11.5. The molecule has 0 aromatic heterocycles. The van der Waals surface area contributed by atoms with Gasteiger partial charge in [-0.3, -0.25) is 9.69 Å². The number of amides is 1. The fourth-order valence-electron chi connectivity index (χ4n) is 1.89. The molecule has 0 radical (unpaired) electrons. The first kappa shape index (κ1) is 15.4. The molecule has 106 valence electrons.